The van der Waals surface area contributed by atoms with Crippen LogP contribution in [-0.2, 0) is 4.74 Å². The van der Waals surface area contributed by atoms with Gasteiger partial charge in [0.25, 0.3) is 5.56 Å². The Kier molecular flexibility index (Phi) is 3.22. The number of nitrogens with one attached hydrogen (secondary N) is 1. The first-order chi connectivity index (χ1) is 7.10. The van der Waals surface area contributed by atoms with E-state index < -0.39 is 17.6 Å². The van der Waals surface area contributed by atoms with E-state index >= 15 is 0 Å². The lowest BCUT2D eigenvalue weighted by Crippen LogP contribution is -2.33. The first kappa shape index (κ1) is 11.0. The number of carbonyl (C=O) groups is 2. The molecule has 1 amide bonds. The predicted molar refractivity (Wildman–Crippen MR) is 51.9 cm³/mol. The van der Waals surface area contributed by atoms with Crippen molar-refractivity contribution in [3.63, 3.8) is 0 Å². The van der Waals surface area contributed by atoms with Gasteiger partial charge in [-0.3, -0.25) is 4.79 Å². The van der Waals surface area contributed by atoms with Gasteiger partial charge in [0, 0.05) is 19.3 Å². The largest absolute Gasteiger partial charge is 0.465 e. The molecule has 6 nitrogen and oxygen atoms in total. The summed E-state index contributed by atoms with van der Waals surface area (Å²) in [6, 6.07) is 1.82. The maximum atomic E-state index is 11.2. The molecule has 1 heterocycles. The van der Waals surface area contributed by atoms with E-state index in [-0.39, 0.29) is 5.56 Å². The summed E-state index contributed by atoms with van der Waals surface area (Å²) < 4.78 is 5.26. The Balaban J connectivity index is 3.22. The quantitative estimate of drug-likeness (QED) is 0.652. The van der Waals surface area contributed by atoms with Gasteiger partial charge in [-0.2, -0.15) is 0 Å². The molecule has 0 spiro atoms. The number of amides is 1. The first-order valence-electron chi connectivity index (χ1n) is 4.13. The summed E-state index contributed by atoms with van der Waals surface area (Å²) in [7, 11) is 2.61. The lowest BCUT2D eigenvalue weighted by atomic mass is 10.3. The highest BCUT2D eigenvalue weighted by atomic mass is 16.5. The van der Waals surface area contributed by atoms with Crippen LogP contribution in [0.4, 0.5) is 4.79 Å². The summed E-state index contributed by atoms with van der Waals surface area (Å²) in [5.41, 5.74) is -0.372. The lowest BCUT2D eigenvalue weighted by Gasteiger charge is -2.04. The second kappa shape index (κ2) is 4.41. The molecule has 0 aliphatic rings. The van der Waals surface area contributed by atoms with Crippen LogP contribution in [-0.4, -0.2) is 30.7 Å². The summed E-state index contributed by atoms with van der Waals surface area (Å²) in [5, 5.41) is 2.28. The summed E-state index contributed by atoms with van der Waals surface area (Å²) in [5.74, 6) is -0.604. The molecule has 0 aliphatic heterocycles. The number of nitrogens with zero attached hydrogens (tertiary/aromatic N) is 1. The maximum absolute atomic E-state index is 11.2. The van der Waals surface area contributed by atoms with Gasteiger partial charge < -0.3 is 10.1 Å². The standard InChI is InChI=1S/C9H10N2O4/c1-10-9(14)11-5-6(8(13)15-2)3-4-7(11)12/h3-5H,1-2H3,(H,10,14). The smallest absolute Gasteiger partial charge is 0.339 e. The van der Waals surface area contributed by atoms with Gasteiger partial charge in [-0.15, -0.1) is 0 Å². The average molecular weight is 210 g/mol. The van der Waals surface area contributed by atoms with Crippen LogP contribution in [0, 0.1) is 0 Å². The zero-order chi connectivity index (χ0) is 11.4. The van der Waals surface area contributed by atoms with Crippen LogP contribution in [0.15, 0.2) is 23.1 Å². The van der Waals surface area contributed by atoms with Crippen LogP contribution >= 0.6 is 0 Å². The van der Waals surface area contributed by atoms with Crippen LogP contribution in [0.3, 0.4) is 0 Å². The number of carbonyl (C=O) groups excluding carboxylic acids is 2. The fraction of sp³-hybridized carbons (Fsp3) is 0.222. The van der Waals surface area contributed by atoms with Crippen LogP contribution in [0.5, 0.6) is 0 Å². The van der Waals surface area contributed by atoms with Crippen molar-refractivity contribution in [2.75, 3.05) is 14.2 Å². The molecular formula is C9H10N2O4. The van der Waals surface area contributed by atoms with Gasteiger partial charge in [-0.25, -0.2) is 14.2 Å². The molecule has 1 rings (SSSR count). The molecular weight excluding hydrogens is 200 g/mol. The van der Waals surface area contributed by atoms with Gasteiger partial charge in [0.1, 0.15) is 0 Å². The van der Waals surface area contributed by atoms with Crippen LogP contribution < -0.4 is 10.9 Å². The number of hydrogen-bond donors (Lipinski definition) is 1. The lowest BCUT2D eigenvalue weighted by molar-refractivity contribution is 0.0600. The van der Waals surface area contributed by atoms with Crippen molar-refractivity contribution in [1.82, 2.24) is 9.88 Å². The highest BCUT2D eigenvalue weighted by molar-refractivity contribution is 5.89. The zero-order valence-corrected chi connectivity index (χ0v) is 8.31. The van der Waals surface area contributed by atoms with E-state index in [4.69, 9.17) is 0 Å². The number of rotatable bonds is 1. The van der Waals surface area contributed by atoms with Gasteiger partial charge in [-0.1, -0.05) is 0 Å². The molecule has 0 aliphatic carbocycles. The van der Waals surface area contributed by atoms with E-state index in [1.807, 2.05) is 0 Å². The molecule has 1 aromatic rings. The van der Waals surface area contributed by atoms with Gasteiger partial charge in [0.2, 0.25) is 0 Å². The summed E-state index contributed by atoms with van der Waals surface area (Å²) >= 11 is 0. The van der Waals surface area contributed by atoms with Crippen molar-refractivity contribution in [1.29, 1.82) is 0 Å². The van der Waals surface area contributed by atoms with Crippen molar-refractivity contribution in [3.8, 4) is 0 Å². The van der Waals surface area contributed by atoms with Gasteiger partial charge >= 0.3 is 12.0 Å². The fourth-order valence-corrected chi connectivity index (χ4v) is 1.00. The third-order valence-corrected chi connectivity index (χ3v) is 1.76. The number of hydrogen-bond acceptors (Lipinski definition) is 4. The molecule has 0 bridgehead atoms. The third kappa shape index (κ3) is 2.22. The number of pyridine rings is 1. The average Bonchev–Trinajstić information content (AvgIpc) is 2.27. The van der Waals surface area contributed by atoms with E-state index in [9.17, 15) is 14.4 Å². The Labute approximate surface area is 85.5 Å². The highest BCUT2D eigenvalue weighted by Crippen LogP contribution is 1.97. The molecule has 0 unspecified atom stereocenters. The van der Waals surface area contributed by atoms with Crippen molar-refractivity contribution in [3.05, 3.63) is 34.2 Å². The molecule has 0 atom stereocenters. The zero-order valence-electron chi connectivity index (χ0n) is 8.31. The first-order valence-corrected chi connectivity index (χ1v) is 4.13. The van der Waals surface area contributed by atoms with E-state index in [2.05, 4.69) is 10.1 Å². The fourth-order valence-electron chi connectivity index (χ4n) is 1.00. The van der Waals surface area contributed by atoms with E-state index in [1.54, 1.807) is 0 Å². The molecule has 0 saturated heterocycles. The van der Waals surface area contributed by atoms with E-state index in [0.29, 0.717) is 0 Å². The SMILES string of the molecule is CNC(=O)n1cc(C(=O)OC)ccc1=O. The minimum atomic E-state index is -0.606. The van der Waals surface area contributed by atoms with Gasteiger partial charge in [0.05, 0.1) is 12.7 Å². The molecule has 1 aromatic heterocycles. The van der Waals surface area contributed by atoms with Crippen molar-refractivity contribution < 1.29 is 14.3 Å². The van der Waals surface area contributed by atoms with E-state index in [1.165, 1.54) is 20.2 Å². The Morgan fingerprint density at radius 2 is 2.07 bits per heavy atom. The maximum Gasteiger partial charge on any atom is 0.339 e. The molecule has 0 radical (unpaired) electrons. The van der Waals surface area contributed by atoms with Crippen LogP contribution in [0.25, 0.3) is 0 Å². The number of methoxy groups -OCH3 is 1. The van der Waals surface area contributed by atoms with E-state index in [0.717, 1.165) is 16.8 Å². The Bertz CT molecular complexity index is 450. The Morgan fingerprint density at radius 3 is 2.60 bits per heavy atom. The minimum absolute atomic E-state index is 0.140. The van der Waals surface area contributed by atoms with Gasteiger partial charge in [-0.05, 0) is 6.07 Å². The predicted octanol–water partition coefficient (Wildman–Crippen LogP) is -0.178. The molecule has 80 valence electrons. The molecule has 6 heteroatoms. The van der Waals surface area contributed by atoms with Crippen LogP contribution in [0.2, 0.25) is 0 Å². The summed E-state index contributed by atoms with van der Waals surface area (Å²) in [4.78, 5) is 33.5. The van der Waals surface area contributed by atoms with Crippen molar-refractivity contribution in [2.45, 2.75) is 0 Å². The molecule has 0 fully saturated rings. The Morgan fingerprint density at radius 1 is 1.40 bits per heavy atom. The normalized spacial score (nSPS) is 9.47. The highest BCUT2D eigenvalue weighted by Gasteiger charge is 2.10. The summed E-state index contributed by atoms with van der Waals surface area (Å²) in [6.45, 7) is 0. The second-order valence-corrected chi connectivity index (χ2v) is 2.67. The van der Waals surface area contributed by atoms with Crippen molar-refractivity contribution >= 4 is 12.0 Å². The van der Waals surface area contributed by atoms with Crippen molar-refractivity contribution in [2.24, 2.45) is 0 Å². The topological polar surface area (TPSA) is 77.4 Å². The molecule has 15 heavy (non-hydrogen) atoms. The Hall–Kier alpha value is -2.11. The molecule has 0 aromatic carbocycles. The molecule has 0 saturated carbocycles. The van der Waals surface area contributed by atoms with Gasteiger partial charge in [0.15, 0.2) is 0 Å². The second-order valence-electron chi connectivity index (χ2n) is 2.67. The molecule has 1 N–H and O–H groups in total. The number of ether oxygens (including phenoxy) is 1. The monoisotopic (exact) mass is 210 g/mol. The summed E-state index contributed by atoms with van der Waals surface area (Å²) in [6.07, 6.45) is 1.13. The number of aromatic nitrogens is 1. The number of esters is 1. The van der Waals surface area contributed by atoms with Crippen LogP contribution in [0.1, 0.15) is 10.4 Å². The minimum Gasteiger partial charge on any atom is -0.465 e. The third-order valence-electron chi connectivity index (χ3n) is 1.76.